The van der Waals surface area contributed by atoms with Crippen molar-refractivity contribution in [1.82, 2.24) is 0 Å². The number of halogens is 2. The Kier molecular flexibility index (Phi) is 3.98. The van der Waals surface area contributed by atoms with Crippen molar-refractivity contribution in [1.29, 1.82) is 0 Å². The van der Waals surface area contributed by atoms with E-state index in [0.29, 0.717) is 11.3 Å². The van der Waals surface area contributed by atoms with Gasteiger partial charge in [0.15, 0.2) is 0 Å². The quantitative estimate of drug-likeness (QED) is 0.898. The highest BCUT2D eigenvalue weighted by atomic mass is 19.1. The molecule has 3 nitrogen and oxygen atoms in total. The van der Waals surface area contributed by atoms with Crippen molar-refractivity contribution in [2.45, 2.75) is 13.5 Å². The van der Waals surface area contributed by atoms with Crippen LogP contribution in [0.25, 0.3) is 0 Å². The molecule has 2 aromatic carbocycles. The maximum absolute atomic E-state index is 13.5. The molecule has 2 N–H and O–H groups in total. The van der Waals surface area contributed by atoms with E-state index >= 15 is 0 Å². The fourth-order valence-corrected chi connectivity index (χ4v) is 1.88. The van der Waals surface area contributed by atoms with Crippen LogP contribution in [0.3, 0.4) is 0 Å². The first-order chi connectivity index (χ1) is 9.45. The van der Waals surface area contributed by atoms with Gasteiger partial charge < -0.3 is 10.4 Å². The van der Waals surface area contributed by atoms with Crippen molar-refractivity contribution in [2.75, 3.05) is 5.32 Å². The van der Waals surface area contributed by atoms with Gasteiger partial charge in [0.05, 0.1) is 5.56 Å². The molecule has 2 rings (SSSR count). The number of aromatic carboxylic acids is 1. The molecular weight excluding hydrogens is 264 g/mol. The maximum Gasteiger partial charge on any atom is 0.338 e. The second kappa shape index (κ2) is 5.69. The zero-order valence-electron chi connectivity index (χ0n) is 10.8. The number of rotatable bonds is 4. The average Bonchev–Trinajstić information content (AvgIpc) is 2.35. The summed E-state index contributed by atoms with van der Waals surface area (Å²) in [5.41, 5.74) is 1.58. The van der Waals surface area contributed by atoms with Gasteiger partial charge in [0.25, 0.3) is 0 Å². The lowest BCUT2D eigenvalue weighted by Gasteiger charge is -2.08. The van der Waals surface area contributed by atoms with Gasteiger partial charge in [-0.3, -0.25) is 0 Å². The van der Waals surface area contributed by atoms with Gasteiger partial charge in [0, 0.05) is 12.2 Å². The fourth-order valence-electron chi connectivity index (χ4n) is 1.88. The molecule has 0 bridgehead atoms. The van der Waals surface area contributed by atoms with Gasteiger partial charge in [0.1, 0.15) is 11.6 Å². The molecule has 0 amide bonds. The molecule has 0 spiro atoms. The van der Waals surface area contributed by atoms with E-state index < -0.39 is 11.8 Å². The van der Waals surface area contributed by atoms with E-state index in [-0.39, 0.29) is 17.9 Å². The van der Waals surface area contributed by atoms with E-state index in [1.54, 1.807) is 13.0 Å². The number of hydrogen-bond donors (Lipinski definition) is 2. The predicted octanol–water partition coefficient (Wildman–Crippen LogP) is 3.58. The van der Waals surface area contributed by atoms with Crippen molar-refractivity contribution < 1.29 is 18.7 Å². The Balaban J connectivity index is 2.11. The molecule has 20 heavy (non-hydrogen) atoms. The molecule has 0 fully saturated rings. The third-order valence-corrected chi connectivity index (χ3v) is 2.80. The third kappa shape index (κ3) is 3.32. The van der Waals surface area contributed by atoms with Crippen molar-refractivity contribution in [3.8, 4) is 0 Å². The van der Waals surface area contributed by atoms with Crippen molar-refractivity contribution in [2.24, 2.45) is 0 Å². The summed E-state index contributed by atoms with van der Waals surface area (Å²) in [7, 11) is 0. The molecule has 0 aromatic heterocycles. The molecule has 0 aliphatic heterocycles. The molecule has 0 aliphatic rings. The highest BCUT2D eigenvalue weighted by molar-refractivity contribution is 5.87. The summed E-state index contributed by atoms with van der Waals surface area (Å²) in [5, 5.41) is 11.7. The van der Waals surface area contributed by atoms with Crippen LogP contribution >= 0.6 is 0 Å². The van der Waals surface area contributed by atoms with E-state index in [1.807, 2.05) is 0 Å². The van der Waals surface area contributed by atoms with Crippen LogP contribution in [0, 0.1) is 18.6 Å². The molecule has 104 valence electrons. The first kappa shape index (κ1) is 14.0. The topological polar surface area (TPSA) is 49.3 Å². The Bertz CT molecular complexity index is 636. The molecule has 0 saturated heterocycles. The number of carboxylic acid groups (broad SMARTS) is 1. The standard InChI is InChI=1S/C15H13F2NO2/c1-9-4-11(16)7-12(5-9)18-8-10-2-3-13(15(19)20)14(17)6-10/h2-7,18H,8H2,1H3,(H,19,20). The van der Waals surface area contributed by atoms with Crippen LogP contribution in [0.5, 0.6) is 0 Å². The number of aryl methyl sites for hydroxylation is 1. The fraction of sp³-hybridized carbons (Fsp3) is 0.133. The van der Waals surface area contributed by atoms with Crippen LogP contribution in [0.4, 0.5) is 14.5 Å². The van der Waals surface area contributed by atoms with Gasteiger partial charge in [-0.2, -0.15) is 0 Å². The lowest BCUT2D eigenvalue weighted by Crippen LogP contribution is -2.04. The lowest BCUT2D eigenvalue weighted by atomic mass is 10.1. The molecule has 5 heteroatoms. The van der Waals surface area contributed by atoms with Gasteiger partial charge in [-0.1, -0.05) is 6.07 Å². The number of benzene rings is 2. The van der Waals surface area contributed by atoms with Crippen LogP contribution < -0.4 is 5.32 Å². The Labute approximate surface area is 114 Å². The average molecular weight is 277 g/mol. The van der Waals surface area contributed by atoms with Crippen LogP contribution in [0.1, 0.15) is 21.5 Å². The zero-order valence-corrected chi connectivity index (χ0v) is 10.8. The molecule has 2 aromatic rings. The monoisotopic (exact) mass is 277 g/mol. The van der Waals surface area contributed by atoms with Gasteiger partial charge in [0.2, 0.25) is 0 Å². The Morgan fingerprint density at radius 3 is 2.55 bits per heavy atom. The number of carboxylic acids is 1. The summed E-state index contributed by atoms with van der Waals surface area (Å²) in [6.07, 6.45) is 0. The van der Waals surface area contributed by atoms with E-state index in [4.69, 9.17) is 5.11 Å². The highest BCUT2D eigenvalue weighted by Gasteiger charge is 2.10. The Morgan fingerprint density at radius 1 is 1.20 bits per heavy atom. The third-order valence-electron chi connectivity index (χ3n) is 2.80. The highest BCUT2D eigenvalue weighted by Crippen LogP contribution is 2.16. The van der Waals surface area contributed by atoms with Gasteiger partial charge in [-0.05, 0) is 48.4 Å². The van der Waals surface area contributed by atoms with Crippen molar-refractivity contribution in [3.63, 3.8) is 0 Å². The molecule has 0 heterocycles. The largest absolute Gasteiger partial charge is 0.478 e. The normalized spacial score (nSPS) is 10.3. The Morgan fingerprint density at radius 2 is 1.95 bits per heavy atom. The molecular formula is C15H13F2NO2. The minimum atomic E-state index is -1.30. The SMILES string of the molecule is Cc1cc(F)cc(NCc2ccc(C(=O)O)c(F)c2)c1. The molecule has 0 radical (unpaired) electrons. The smallest absolute Gasteiger partial charge is 0.338 e. The second-order valence-corrected chi connectivity index (χ2v) is 4.49. The summed E-state index contributed by atoms with van der Waals surface area (Å²) in [4.78, 5) is 10.7. The summed E-state index contributed by atoms with van der Waals surface area (Å²) in [6.45, 7) is 2.05. The first-order valence-electron chi connectivity index (χ1n) is 5.98. The number of anilines is 1. The van der Waals surface area contributed by atoms with Crippen molar-refractivity contribution >= 4 is 11.7 Å². The zero-order chi connectivity index (χ0) is 14.7. The molecule has 0 aliphatic carbocycles. The maximum atomic E-state index is 13.5. The minimum absolute atomic E-state index is 0.277. The summed E-state index contributed by atoms with van der Waals surface area (Å²) in [6, 6.07) is 8.41. The minimum Gasteiger partial charge on any atom is -0.478 e. The molecule has 0 saturated carbocycles. The molecule has 0 unspecified atom stereocenters. The number of nitrogens with one attached hydrogen (secondary N) is 1. The van der Waals surface area contributed by atoms with E-state index in [0.717, 1.165) is 11.6 Å². The predicted molar refractivity (Wildman–Crippen MR) is 71.8 cm³/mol. The van der Waals surface area contributed by atoms with Crippen LogP contribution in [0.15, 0.2) is 36.4 Å². The van der Waals surface area contributed by atoms with Gasteiger partial charge in [-0.15, -0.1) is 0 Å². The first-order valence-corrected chi connectivity index (χ1v) is 5.98. The van der Waals surface area contributed by atoms with E-state index in [2.05, 4.69) is 5.32 Å². The number of hydrogen-bond acceptors (Lipinski definition) is 2. The van der Waals surface area contributed by atoms with Crippen LogP contribution in [-0.4, -0.2) is 11.1 Å². The second-order valence-electron chi connectivity index (χ2n) is 4.49. The van der Waals surface area contributed by atoms with Gasteiger partial charge >= 0.3 is 5.97 Å². The van der Waals surface area contributed by atoms with Crippen LogP contribution in [0.2, 0.25) is 0 Å². The molecule has 0 atom stereocenters. The van der Waals surface area contributed by atoms with E-state index in [9.17, 15) is 13.6 Å². The number of carbonyl (C=O) groups is 1. The Hall–Kier alpha value is -2.43. The van der Waals surface area contributed by atoms with Crippen molar-refractivity contribution in [3.05, 3.63) is 64.7 Å². The summed E-state index contributed by atoms with van der Waals surface area (Å²) in [5.74, 6) is -2.44. The van der Waals surface area contributed by atoms with Crippen LogP contribution in [-0.2, 0) is 6.54 Å². The lowest BCUT2D eigenvalue weighted by molar-refractivity contribution is 0.0692. The van der Waals surface area contributed by atoms with E-state index in [1.165, 1.54) is 24.3 Å². The van der Waals surface area contributed by atoms with Gasteiger partial charge in [-0.25, -0.2) is 13.6 Å². The summed E-state index contributed by atoms with van der Waals surface area (Å²) < 4.78 is 26.7. The summed E-state index contributed by atoms with van der Waals surface area (Å²) >= 11 is 0.